The van der Waals surface area contributed by atoms with E-state index in [4.69, 9.17) is 0 Å². The monoisotopic (exact) mass is 329 g/mol. The van der Waals surface area contributed by atoms with Crippen LogP contribution >= 0.6 is 0 Å². The third-order valence-electron chi connectivity index (χ3n) is 5.54. The average molecular weight is 329 g/mol. The number of allylic oxidation sites excluding steroid dienone is 1. The molecule has 2 aliphatic rings. The summed E-state index contributed by atoms with van der Waals surface area (Å²) >= 11 is 0. The molecule has 0 bridgehead atoms. The van der Waals surface area contributed by atoms with Crippen LogP contribution in [0.15, 0.2) is 78.4 Å². The molecule has 128 valence electrons. The fourth-order valence-corrected chi connectivity index (χ4v) is 4.30. The van der Waals surface area contributed by atoms with Gasteiger partial charge in [-0.1, -0.05) is 85.3 Å². The van der Waals surface area contributed by atoms with Crippen LogP contribution in [0, 0.1) is 5.92 Å². The fraction of sp³-hybridized carbons (Fsp3) is 0.333. The van der Waals surface area contributed by atoms with Gasteiger partial charge in [0.05, 0.1) is 0 Å². The Labute approximate surface area is 151 Å². The summed E-state index contributed by atoms with van der Waals surface area (Å²) in [6.07, 6.45) is 12.6. The Morgan fingerprint density at radius 3 is 2.48 bits per heavy atom. The van der Waals surface area contributed by atoms with Gasteiger partial charge in [0.1, 0.15) is 0 Å². The van der Waals surface area contributed by atoms with Crippen molar-refractivity contribution >= 4 is 6.08 Å². The van der Waals surface area contributed by atoms with Gasteiger partial charge in [-0.15, -0.1) is 0 Å². The molecule has 2 atom stereocenters. The van der Waals surface area contributed by atoms with Crippen LogP contribution in [-0.2, 0) is 6.54 Å². The van der Waals surface area contributed by atoms with Crippen LogP contribution in [0.25, 0.3) is 6.08 Å². The summed E-state index contributed by atoms with van der Waals surface area (Å²) in [6.45, 7) is 2.14. The molecule has 2 aromatic carbocycles. The van der Waals surface area contributed by atoms with Crippen molar-refractivity contribution in [3.05, 3.63) is 89.5 Å². The number of hydrogen-bond donors (Lipinski definition) is 0. The van der Waals surface area contributed by atoms with Gasteiger partial charge in [0, 0.05) is 25.0 Å². The van der Waals surface area contributed by atoms with Crippen LogP contribution in [0.5, 0.6) is 0 Å². The normalized spacial score (nSPS) is 26.8. The molecule has 0 aromatic heterocycles. The third-order valence-corrected chi connectivity index (χ3v) is 5.54. The van der Waals surface area contributed by atoms with E-state index in [-0.39, 0.29) is 0 Å². The van der Waals surface area contributed by atoms with Gasteiger partial charge in [-0.2, -0.15) is 0 Å². The van der Waals surface area contributed by atoms with Gasteiger partial charge in [-0.05, 0) is 36.0 Å². The van der Waals surface area contributed by atoms with Crippen LogP contribution in [0.2, 0.25) is 0 Å². The Hall–Kier alpha value is -2.12. The highest BCUT2D eigenvalue weighted by molar-refractivity contribution is 5.55. The van der Waals surface area contributed by atoms with Gasteiger partial charge in [0.15, 0.2) is 0 Å². The zero-order valence-corrected chi connectivity index (χ0v) is 14.9. The van der Waals surface area contributed by atoms with Gasteiger partial charge in [0.2, 0.25) is 0 Å². The number of likely N-dealkylation sites (tertiary alicyclic amines) is 1. The summed E-state index contributed by atoms with van der Waals surface area (Å²) in [5.74, 6) is 0.573. The molecule has 0 amide bonds. The van der Waals surface area contributed by atoms with Crippen molar-refractivity contribution in [3.8, 4) is 0 Å². The smallest absolute Gasteiger partial charge is 0.0240 e. The Balaban J connectivity index is 1.63. The molecule has 0 spiro atoms. The zero-order chi connectivity index (χ0) is 16.9. The van der Waals surface area contributed by atoms with Gasteiger partial charge < -0.3 is 0 Å². The summed E-state index contributed by atoms with van der Waals surface area (Å²) in [5, 5.41) is 0. The van der Waals surface area contributed by atoms with Crippen molar-refractivity contribution in [2.75, 3.05) is 6.54 Å². The molecular formula is C24H27N. The van der Waals surface area contributed by atoms with Crippen LogP contribution < -0.4 is 0 Å². The molecule has 1 aliphatic carbocycles. The maximum Gasteiger partial charge on any atom is 0.0240 e. The van der Waals surface area contributed by atoms with Crippen LogP contribution in [-0.4, -0.2) is 17.5 Å². The van der Waals surface area contributed by atoms with Gasteiger partial charge in [-0.25, -0.2) is 0 Å². The summed E-state index contributed by atoms with van der Waals surface area (Å²) < 4.78 is 0. The van der Waals surface area contributed by atoms with E-state index < -0.39 is 0 Å². The molecule has 25 heavy (non-hydrogen) atoms. The van der Waals surface area contributed by atoms with Crippen molar-refractivity contribution in [2.45, 2.75) is 38.3 Å². The summed E-state index contributed by atoms with van der Waals surface area (Å²) in [5.41, 5.74) is 4.33. The molecule has 0 N–H and O–H groups in total. The minimum Gasteiger partial charge on any atom is -0.291 e. The highest BCUT2D eigenvalue weighted by atomic mass is 15.2. The van der Waals surface area contributed by atoms with Crippen LogP contribution in [0.1, 0.15) is 36.8 Å². The standard InChI is InChI=1S/C24H27N/c1-2-10-16-24-23(15-9-1)22(17-20-11-5-3-6-12-20)19-25(24)18-21-13-7-4-8-14-21/h3-9,11-15,17,23-24H,1-2,10,16,18-19H2/b15-9-,22-17-/t23-,24+/m0/s1. The quantitative estimate of drug-likeness (QED) is 0.653. The van der Waals surface area contributed by atoms with E-state index in [0.717, 1.165) is 13.1 Å². The van der Waals surface area contributed by atoms with Crippen molar-refractivity contribution in [3.63, 3.8) is 0 Å². The Morgan fingerprint density at radius 2 is 1.68 bits per heavy atom. The Kier molecular flexibility index (Phi) is 5.13. The second kappa shape index (κ2) is 7.84. The fourth-order valence-electron chi connectivity index (χ4n) is 4.30. The van der Waals surface area contributed by atoms with Crippen LogP contribution in [0.3, 0.4) is 0 Å². The summed E-state index contributed by atoms with van der Waals surface area (Å²) in [7, 11) is 0. The first-order valence-corrected chi connectivity index (χ1v) is 9.60. The first-order chi connectivity index (χ1) is 12.4. The minimum atomic E-state index is 0.573. The second-order valence-corrected chi connectivity index (χ2v) is 7.33. The minimum absolute atomic E-state index is 0.573. The molecule has 1 aliphatic heterocycles. The van der Waals surface area contributed by atoms with Gasteiger partial charge >= 0.3 is 0 Å². The Bertz CT molecular complexity index is 729. The first-order valence-electron chi connectivity index (χ1n) is 9.60. The highest BCUT2D eigenvalue weighted by Crippen LogP contribution is 2.37. The van der Waals surface area contributed by atoms with E-state index in [9.17, 15) is 0 Å². The first kappa shape index (κ1) is 16.4. The lowest BCUT2D eigenvalue weighted by atomic mass is 9.88. The molecule has 2 aromatic rings. The highest BCUT2D eigenvalue weighted by Gasteiger charge is 2.36. The van der Waals surface area contributed by atoms with Crippen LogP contribution in [0.4, 0.5) is 0 Å². The molecule has 1 nitrogen and oxygen atoms in total. The maximum absolute atomic E-state index is 2.70. The molecule has 1 heterocycles. The molecule has 1 heteroatoms. The van der Waals surface area contributed by atoms with E-state index in [1.165, 1.54) is 36.8 Å². The lowest BCUT2D eigenvalue weighted by Gasteiger charge is -2.27. The predicted octanol–water partition coefficient (Wildman–Crippen LogP) is 5.70. The molecule has 0 unspecified atom stereocenters. The second-order valence-electron chi connectivity index (χ2n) is 7.33. The van der Waals surface area contributed by atoms with Gasteiger partial charge in [-0.3, -0.25) is 4.90 Å². The van der Waals surface area contributed by atoms with Crippen molar-refractivity contribution in [1.82, 2.24) is 4.90 Å². The molecular weight excluding hydrogens is 302 g/mol. The van der Waals surface area contributed by atoms with Crippen molar-refractivity contribution in [1.29, 1.82) is 0 Å². The lowest BCUT2D eigenvalue weighted by Crippen LogP contribution is -2.32. The van der Waals surface area contributed by atoms with Crippen molar-refractivity contribution in [2.24, 2.45) is 5.92 Å². The molecule has 4 rings (SSSR count). The van der Waals surface area contributed by atoms with E-state index in [1.54, 1.807) is 5.57 Å². The van der Waals surface area contributed by atoms with E-state index in [1.807, 2.05) is 0 Å². The molecule has 1 fully saturated rings. The predicted molar refractivity (Wildman–Crippen MR) is 106 cm³/mol. The average Bonchev–Trinajstić information content (AvgIpc) is 2.91. The number of rotatable bonds is 3. The summed E-state index contributed by atoms with van der Waals surface area (Å²) in [4.78, 5) is 2.70. The third kappa shape index (κ3) is 3.93. The Morgan fingerprint density at radius 1 is 0.920 bits per heavy atom. The van der Waals surface area contributed by atoms with E-state index >= 15 is 0 Å². The number of nitrogens with zero attached hydrogens (tertiary/aromatic N) is 1. The number of hydrogen-bond acceptors (Lipinski definition) is 1. The largest absolute Gasteiger partial charge is 0.291 e. The number of benzene rings is 2. The molecule has 0 radical (unpaired) electrons. The lowest BCUT2D eigenvalue weighted by molar-refractivity contribution is 0.213. The number of fused-ring (bicyclic) bond motifs is 1. The van der Waals surface area contributed by atoms with E-state index in [0.29, 0.717) is 12.0 Å². The SMILES string of the molecule is C1=C\[C@H]2/C(=C\c3ccccc3)CN(Cc3ccccc3)[C@@H]2CCCC/1. The molecule has 0 saturated carbocycles. The van der Waals surface area contributed by atoms with Gasteiger partial charge in [0.25, 0.3) is 0 Å². The topological polar surface area (TPSA) is 3.24 Å². The van der Waals surface area contributed by atoms with Crippen molar-refractivity contribution < 1.29 is 0 Å². The van der Waals surface area contributed by atoms with E-state index in [2.05, 4.69) is 83.8 Å². The molecule has 1 saturated heterocycles. The summed E-state index contributed by atoms with van der Waals surface area (Å²) in [6, 6.07) is 22.4. The zero-order valence-electron chi connectivity index (χ0n) is 14.9. The maximum atomic E-state index is 2.70.